The van der Waals surface area contributed by atoms with E-state index in [1.54, 1.807) is 11.7 Å². The van der Waals surface area contributed by atoms with Gasteiger partial charge < -0.3 is 4.98 Å². The van der Waals surface area contributed by atoms with Crippen LogP contribution >= 0.6 is 11.6 Å². The fourth-order valence-corrected chi connectivity index (χ4v) is 1.26. The van der Waals surface area contributed by atoms with E-state index in [0.717, 1.165) is 0 Å². The van der Waals surface area contributed by atoms with Gasteiger partial charge in [-0.25, -0.2) is 0 Å². The van der Waals surface area contributed by atoms with Gasteiger partial charge in [0.1, 0.15) is 10.7 Å². The molecular weight excluding hydrogens is 178 g/mol. The highest BCUT2D eigenvalue weighted by Gasteiger charge is 2.05. The van der Waals surface area contributed by atoms with Gasteiger partial charge in [0.25, 0.3) is 0 Å². The molecule has 0 unspecified atom stereocenters. The van der Waals surface area contributed by atoms with Gasteiger partial charge >= 0.3 is 0 Å². The van der Waals surface area contributed by atoms with Crippen LogP contribution in [0.1, 0.15) is 0 Å². The lowest BCUT2D eigenvalue weighted by Gasteiger charge is -1.93. The number of rotatable bonds is 0. The topological polar surface area (TPSA) is 50.7 Å². The highest BCUT2D eigenvalue weighted by molar-refractivity contribution is 6.30. The minimum absolute atomic E-state index is 0.182. The molecule has 2 aromatic rings. The molecule has 0 aromatic carbocycles. The van der Waals surface area contributed by atoms with Crippen molar-refractivity contribution in [1.29, 1.82) is 0 Å². The molecule has 2 aromatic heterocycles. The Kier molecular flexibility index (Phi) is 1.44. The predicted octanol–water partition coefficient (Wildman–Crippen LogP) is 0.915. The van der Waals surface area contributed by atoms with Crippen LogP contribution in [-0.2, 0) is 7.05 Å². The summed E-state index contributed by atoms with van der Waals surface area (Å²) < 4.78 is 1.59. The standard InChI is InChI=1S/C7H6ClN3O/c1-11-7-4(2-10-11)6(12)5(8)3-9-7/h2-3H,1H3,(H,9,12). The number of hydrogen-bond acceptors (Lipinski definition) is 2. The van der Waals surface area contributed by atoms with Gasteiger partial charge in [0.15, 0.2) is 0 Å². The molecule has 0 radical (unpaired) electrons. The zero-order valence-electron chi connectivity index (χ0n) is 6.34. The Balaban J connectivity index is 3.03. The molecule has 0 atom stereocenters. The smallest absolute Gasteiger partial charge is 0.211 e. The zero-order chi connectivity index (χ0) is 8.72. The quantitative estimate of drug-likeness (QED) is 0.660. The van der Waals surface area contributed by atoms with Crippen LogP contribution in [0.5, 0.6) is 0 Å². The number of aromatic nitrogens is 3. The van der Waals surface area contributed by atoms with Gasteiger partial charge in [0, 0.05) is 13.2 Å². The van der Waals surface area contributed by atoms with Gasteiger partial charge in [-0.05, 0) is 0 Å². The van der Waals surface area contributed by atoms with E-state index in [0.29, 0.717) is 11.0 Å². The van der Waals surface area contributed by atoms with Gasteiger partial charge in [-0.15, -0.1) is 0 Å². The Labute approximate surface area is 72.8 Å². The van der Waals surface area contributed by atoms with Crippen LogP contribution in [0.2, 0.25) is 5.02 Å². The summed E-state index contributed by atoms with van der Waals surface area (Å²) in [6.45, 7) is 0. The number of nitrogens with zero attached hydrogens (tertiary/aromatic N) is 2. The first-order valence-electron chi connectivity index (χ1n) is 3.39. The van der Waals surface area contributed by atoms with Crippen molar-refractivity contribution < 1.29 is 0 Å². The summed E-state index contributed by atoms with van der Waals surface area (Å²) in [5.41, 5.74) is 0.503. The highest BCUT2D eigenvalue weighted by atomic mass is 35.5. The van der Waals surface area contributed by atoms with Gasteiger partial charge in [-0.3, -0.25) is 9.48 Å². The maximum absolute atomic E-state index is 11.3. The number of fused-ring (bicyclic) bond motifs is 1. The van der Waals surface area contributed by atoms with Crippen LogP contribution in [0.3, 0.4) is 0 Å². The summed E-state index contributed by atoms with van der Waals surface area (Å²) in [6.07, 6.45) is 2.97. The van der Waals surface area contributed by atoms with E-state index in [2.05, 4.69) is 10.1 Å². The lowest BCUT2D eigenvalue weighted by molar-refractivity contribution is 0.786. The number of hydrogen-bond donors (Lipinski definition) is 1. The molecule has 4 nitrogen and oxygen atoms in total. The molecule has 0 saturated carbocycles. The van der Waals surface area contributed by atoms with E-state index >= 15 is 0 Å². The van der Waals surface area contributed by atoms with Crippen molar-refractivity contribution in [3.8, 4) is 0 Å². The summed E-state index contributed by atoms with van der Waals surface area (Å²) in [4.78, 5) is 14.2. The van der Waals surface area contributed by atoms with Gasteiger partial charge in [-0.1, -0.05) is 11.6 Å². The molecule has 0 aliphatic heterocycles. The van der Waals surface area contributed by atoms with E-state index in [4.69, 9.17) is 11.6 Å². The third kappa shape index (κ3) is 0.848. The van der Waals surface area contributed by atoms with Crippen molar-refractivity contribution in [1.82, 2.24) is 14.8 Å². The van der Waals surface area contributed by atoms with Crippen LogP contribution < -0.4 is 5.43 Å². The third-order valence-electron chi connectivity index (χ3n) is 1.74. The van der Waals surface area contributed by atoms with Crippen molar-refractivity contribution in [2.75, 3.05) is 0 Å². The molecule has 0 bridgehead atoms. The number of aryl methyl sites for hydroxylation is 1. The highest BCUT2D eigenvalue weighted by Crippen LogP contribution is 2.08. The summed E-state index contributed by atoms with van der Waals surface area (Å²) in [5.74, 6) is 0. The fraction of sp³-hybridized carbons (Fsp3) is 0.143. The van der Waals surface area contributed by atoms with E-state index in [1.807, 2.05) is 0 Å². The summed E-state index contributed by atoms with van der Waals surface area (Å²) in [7, 11) is 1.76. The molecule has 0 saturated heterocycles. The molecule has 1 N–H and O–H groups in total. The normalized spacial score (nSPS) is 10.8. The molecule has 0 spiro atoms. The molecule has 2 rings (SSSR count). The zero-order valence-corrected chi connectivity index (χ0v) is 7.09. The monoisotopic (exact) mass is 183 g/mol. The number of nitrogens with one attached hydrogen (secondary N) is 1. The van der Waals surface area contributed by atoms with E-state index in [1.165, 1.54) is 12.4 Å². The van der Waals surface area contributed by atoms with E-state index in [9.17, 15) is 4.79 Å². The molecule has 12 heavy (non-hydrogen) atoms. The fourth-order valence-electron chi connectivity index (χ4n) is 1.10. The molecule has 0 amide bonds. The number of aromatic amines is 1. The molecule has 0 aliphatic carbocycles. The van der Waals surface area contributed by atoms with Gasteiger partial charge in [0.05, 0.1) is 11.6 Å². The van der Waals surface area contributed by atoms with Crippen LogP contribution in [0.25, 0.3) is 11.0 Å². The minimum atomic E-state index is -0.182. The summed E-state index contributed by atoms with van der Waals surface area (Å²) >= 11 is 5.62. The molecular formula is C7H6ClN3O. The average molecular weight is 184 g/mol. The van der Waals surface area contributed by atoms with Crippen molar-refractivity contribution in [2.24, 2.45) is 7.05 Å². The summed E-state index contributed by atoms with van der Waals surface area (Å²) in [5, 5.41) is 4.63. The Morgan fingerprint density at radius 3 is 3.17 bits per heavy atom. The van der Waals surface area contributed by atoms with E-state index in [-0.39, 0.29) is 10.5 Å². The van der Waals surface area contributed by atoms with Crippen molar-refractivity contribution in [3.63, 3.8) is 0 Å². The largest absolute Gasteiger partial charge is 0.345 e. The van der Waals surface area contributed by atoms with Crippen LogP contribution in [-0.4, -0.2) is 14.8 Å². The lowest BCUT2D eigenvalue weighted by Crippen LogP contribution is -2.02. The molecule has 2 heterocycles. The molecule has 5 heteroatoms. The number of pyridine rings is 1. The third-order valence-corrected chi connectivity index (χ3v) is 2.02. The second-order valence-electron chi connectivity index (χ2n) is 2.50. The predicted molar refractivity (Wildman–Crippen MR) is 46.3 cm³/mol. The van der Waals surface area contributed by atoms with Gasteiger partial charge in [-0.2, -0.15) is 5.10 Å². The first-order chi connectivity index (χ1) is 5.70. The average Bonchev–Trinajstić information content (AvgIpc) is 2.41. The van der Waals surface area contributed by atoms with Crippen molar-refractivity contribution in [2.45, 2.75) is 0 Å². The maximum Gasteiger partial charge on any atom is 0.211 e. The second-order valence-corrected chi connectivity index (χ2v) is 2.90. The molecule has 62 valence electrons. The van der Waals surface area contributed by atoms with Crippen LogP contribution in [0, 0.1) is 0 Å². The Bertz CT molecular complexity index is 485. The molecule has 0 aliphatic rings. The molecule has 0 fully saturated rings. The number of halogens is 1. The number of H-pyrrole nitrogens is 1. The first kappa shape index (κ1) is 7.36. The van der Waals surface area contributed by atoms with E-state index < -0.39 is 0 Å². The summed E-state index contributed by atoms with van der Waals surface area (Å²) in [6, 6.07) is 0. The SMILES string of the molecule is Cn1ncc2c(=O)c(Cl)c[nH]c21. The Morgan fingerprint density at radius 1 is 1.67 bits per heavy atom. The Morgan fingerprint density at radius 2 is 2.42 bits per heavy atom. The van der Waals surface area contributed by atoms with Crippen LogP contribution in [0.4, 0.5) is 0 Å². The Hall–Kier alpha value is -1.29. The first-order valence-corrected chi connectivity index (χ1v) is 3.77. The maximum atomic E-state index is 11.3. The van der Waals surface area contributed by atoms with Crippen LogP contribution in [0.15, 0.2) is 17.2 Å². The van der Waals surface area contributed by atoms with Crippen molar-refractivity contribution >= 4 is 22.6 Å². The van der Waals surface area contributed by atoms with Crippen molar-refractivity contribution in [3.05, 3.63) is 27.6 Å². The lowest BCUT2D eigenvalue weighted by atomic mass is 10.3. The van der Waals surface area contributed by atoms with Gasteiger partial charge in [0.2, 0.25) is 5.43 Å². The minimum Gasteiger partial charge on any atom is -0.345 e. The second kappa shape index (κ2) is 2.35.